The quantitative estimate of drug-likeness (QED) is 0.426. The lowest BCUT2D eigenvalue weighted by Crippen LogP contribution is -2.01. The minimum absolute atomic E-state index is 0.0837. The number of nitriles is 1. The molecule has 0 atom stereocenters. The van der Waals surface area contributed by atoms with Crippen molar-refractivity contribution in [1.82, 2.24) is 4.98 Å². The monoisotopic (exact) mass is 406 g/mol. The van der Waals surface area contributed by atoms with Gasteiger partial charge in [0.05, 0.1) is 31.5 Å². The molecule has 7 heteroatoms. The Labute approximate surface area is 172 Å². The van der Waals surface area contributed by atoms with Crippen molar-refractivity contribution in [3.05, 3.63) is 70.7 Å². The number of ether oxygens (including phenoxy) is 3. The Balaban J connectivity index is 1.59. The number of nitrogens with zero attached hydrogens (tertiary/aromatic N) is 2. The third-order valence-electron chi connectivity index (χ3n) is 4.00. The molecule has 0 aliphatic carbocycles. The fraction of sp³-hybridized carbons (Fsp3) is 0.136. The summed E-state index contributed by atoms with van der Waals surface area (Å²) in [6.45, 7) is 0.0837. The van der Waals surface area contributed by atoms with Gasteiger partial charge in [-0.05, 0) is 42.0 Å². The van der Waals surface area contributed by atoms with Gasteiger partial charge in [-0.25, -0.2) is 9.78 Å². The number of benzene rings is 2. The Morgan fingerprint density at radius 3 is 2.59 bits per heavy atom. The fourth-order valence-corrected chi connectivity index (χ4v) is 3.30. The summed E-state index contributed by atoms with van der Waals surface area (Å²) in [5.41, 5.74) is 2.94. The first-order chi connectivity index (χ1) is 14.1. The van der Waals surface area contributed by atoms with Gasteiger partial charge in [0.25, 0.3) is 0 Å². The normalized spacial score (nSPS) is 10.5. The van der Waals surface area contributed by atoms with E-state index in [1.165, 1.54) is 17.4 Å². The molecule has 0 amide bonds. The van der Waals surface area contributed by atoms with Crippen molar-refractivity contribution in [2.75, 3.05) is 14.2 Å². The summed E-state index contributed by atoms with van der Waals surface area (Å²) < 4.78 is 15.8. The van der Waals surface area contributed by atoms with Gasteiger partial charge in [0.2, 0.25) is 0 Å². The molecule has 0 unspecified atom stereocenters. The van der Waals surface area contributed by atoms with E-state index < -0.39 is 5.97 Å². The Morgan fingerprint density at radius 1 is 1.14 bits per heavy atom. The van der Waals surface area contributed by atoms with Crippen LogP contribution in [0.2, 0.25) is 0 Å². The number of esters is 1. The van der Waals surface area contributed by atoms with Crippen LogP contribution in [0.4, 0.5) is 0 Å². The van der Waals surface area contributed by atoms with Gasteiger partial charge < -0.3 is 14.2 Å². The Bertz CT molecular complexity index is 1070. The number of hydrogen-bond acceptors (Lipinski definition) is 7. The Hall–Kier alpha value is -3.63. The highest BCUT2D eigenvalue weighted by molar-refractivity contribution is 7.13. The standard InChI is InChI=1S/C22H18N2O4S/c1-26-19-9-8-17(11-20(19)27-2)22-24-18(14-29-22)13-28-21(25)10-7-15-3-5-16(12-23)6-4-15/h3-11,14H,13H2,1-2H3/b10-7+. The molecule has 1 aromatic heterocycles. The van der Waals surface area contributed by atoms with Crippen LogP contribution in [0.15, 0.2) is 53.9 Å². The topological polar surface area (TPSA) is 81.4 Å². The summed E-state index contributed by atoms with van der Waals surface area (Å²) in [5.74, 6) is 0.812. The zero-order valence-electron chi connectivity index (χ0n) is 15.9. The average molecular weight is 406 g/mol. The number of aromatic nitrogens is 1. The van der Waals surface area contributed by atoms with Crippen LogP contribution in [-0.2, 0) is 16.1 Å². The van der Waals surface area contributed by atoms with Gasteiger partial charge in [-0.3, -0.25) is 0 Å². The second kappa shape index (κ2) is 9.53. The van der Waals surface area contributed by atoms with Crippen LogP contribution in [-0.4, -0.2) is 25.2 Å². The molecule has 0 bridgehead atoms. The van der Waals surface area contributed by atoms with E-state index in [9.17, 15) is 4.79 Å². The first-order valence-corrected chi connectivity index (χ1v) is 9.52. The highest BCUT2D eigenvalue weighted by Gasteiger charge is 2.10. The lowest BCUT2D eigenvalue weighted by atomic mass is 10.1. The van der Waals surface area contributed by atoms with Crippen LogP contribution in [0.5, 0.6) is 11.5 Å². The molecular weight excluding hydrogens is 388 g/mol. The molecular formula is C22H18N2O4S. The molecule has 0 fully saturated rings. The molecule has 0 aliphatic rings. The molecule has 3 rings (SSSR count). The predicted molar refractivity (Wildman–Crippen MR) is 111 cm³/mol. The number of methoxy groups -OCH3 is 2. The van der Waals surface area contributed by atoms with Crippen LogP contribution in [0.3, 0.4) is 0 Å². The summed E-state index contributed by atoms with van der Waals surface area (Å²) >= 11 is 1.46. The van der Waals surface area contributed by atoms with Crippen molar-refractivity contribution in [1.29, 1.82) is 5.26 Å². The maximum Gasteiger partial charge on any atom is 0.331 e. The van der Waals surface area contributed by atoms with E-state index in [0.717, 1.165) is 16.1 Å². The van der Waals surface area contributed by atoms with E-state index in [-0.39, 0.29) is 6.61 Å². The van der Waals surface area contributed by atoms with Gasteiger partial charge in [-0.1, -0.05) is 12.1 Å². The second-order valence-electron chi connectivity index (χ2n) is 5.89. The minimum atomic E-state index is -0.463. The van der Waals surface area contributed by atoms with Crippen LogP contribution in [0.25, 0.3) is 16.6 Å². The molecule has 3 aromatic rings. The number of thiazole rings is 1. The zero-order valence-corrected chi connectivity index (χ0v) is 16.7. The lowest BCUT2D eigenvalue weighted by molar-refractivity contribution is -0.139. The molecule has 1 heterocycles. The van der Waals surface area contributed by atoms with E-state index in [1.54, 1.807) is 44.6 Å². The van der Waals surface area contributed by atoms with Gasteiger partial charge in [-0.15, -0.1) is 11.3 Å². The van der Waals surface area contributed by atoms with Crippen LogP contribution >= 0.6 is 11.3 Å². The van der Waals surface area contributed by atoms with Crippen molar-refractivity contribution >= 4 is 23.4 Å². The summed E-state index contributed by atoms with van der Waals surface area (Å²) in [7, 11) is 3.17. The average Bonchev–Trinajstić information content (AvgIpc) is 3.25. The number of carbonyl (C=O) groups is 1. The highest BCUT2D eigenvalue weighted by atomic mass is 32.1. The largest absolute Gasteiger partial charge is 0.493 e. The fourth-order valence-electron chi connectivity index (χ4n) is 2.50. The first-order valence-electron chi connectivity index (χ1n) is 8.64. The molecule has 29 heavy (non-hydrogen) atoms. The molecule has 0 aliphatic heterocycles. The molecule has 0 saturated heterocycles. The van der Waals surface area contributed by atoms with Gasteiger partial charge in [0.1, 0.15) is 11.6 Å². The third-order valence-corrected chi connectivity index (χ3v) is 4.94. The van der Waals surface area contributed by atoms with E-state index in [2.05, 4.69) is 4.98 Å². The molecule has 0 N–H and O–H groups in total. The predicted octanol–water partition coefficient (Wildman–Crippen LogP) is 4.46. The summed E-state index contributed by atoms with van der Waals surface area (Å²) in [5, 5.41) is 11.4. The highest BCUT2D eigenvalue weighted by Crippen LogP contribution is 2.33. The third kappa shape index (κ3) is 5.21. The minimum Gasteiger partial charge on any atom is -0.493 e. The first kappa shape index (κ1) is 20.1. The molecule has 2 aromatic carbocycles. The lowest BCUT2D eigenvalue weighted by Gasteiger charge is -2.08. The van der Waals surface area contributed by atoms with Crippen molar-refractivity contribution < 1.29 is 19.0 Å². The molecule has 0 spiro atoms. The Morgan fingerprint density at radius 2 is 1.90 bits per heavy atom. The van der Waals surface area contributed by atoms with Gasteiger partial charge in [-0.2, -0.15) is 5.26 Å². The maximum atomic E-state index is 11.9. The second-order valence-corrected chi connectivity index (χ2v) is 6.75. The van der Waals surface area contributed by atoms with Crippen molar-refractivity contribution in [3.8, 4) is 28.1 Å². The summed E-state index contributed by atoms with van der Waals surface area (Å²) in [6, 6.07) is 14.5. The van der Waals surface area contributed by atoms with Crippen LogP contribution in [0.1, 0.15) is 16.8 Å². The van der Waals surface area contributed by atoms with Gasteiger partial charge in [0.15, 0.2) is 11.5 Å². The van der Waals surface area contributed by atoms with E-state index in [0.29, 0.717) is 22.8 Å². The summed E-state index contributed by atoms with van der Waals surface area (Å²) in [6.07, 6.45) is 2.99. The molecule has 0 saturated carbocycles. The van der Waals surface area contributed by atoms with Gasteiger partial charge >= 0.3 is 5.97 Å². The number of carbonyl (C=O) groups excluding carboxylic acids is 1. The Kier molecular flexibility index (Phi) is 6.61. The van der Waals surface area contributed by atoms with E-state index in [1.807, 2.05) is 29.6 Å². The van der Waals surface area contributed by atoms with Gasteiger partial charge in [0, 0.05) is 17.0 Å². The SMILES string of the molecule is COc1ccc(-c2nc(COC(=O)/C=C/c3ccc(C#N)cc3)cs2)cc1OC. The maximum absolute atomic E-state index is 11.9. The molecule has 146 valence electrons. The molecule has 6 nitrogen and oxygen atoms in total. The summed E-state index contributed by atoms with van der Waals surface area (Å²) in [4.78, 5) is 16.4. The van der Waals surface area contributed by atoms with Crippen molar-refractivity contribution in [3.63, 3.8) is 0 Å². The van der Waals surface area contributed by atoms with E-state index in [4.69, 9.17) is 19.5 Å². The van der Waals surface area contributed by atoms with Crippen LogP contribution in [0, 0.1) is 11.3 Å². The molecule has 0 radical (unpaired) electrons. The van der Waals surface area contributed by atoms with E-state index >= 15 is 0 Å². The number of rotatable bonds is 7. The number of hydrogen-bond donors (Lipinski definition) is 0. The van der Waals surface area contributed by atoms with Crippen molar-refractivity contribution in [2.45, 2.75) is 6.61 Å². The zero-order chi connectivity index (χ0) is 20.6. The van der Waals surface area contributed by atoms with Crippen LogP contribution < -0.4 is 9.47 Å². The van der Waals surface area contributed by atoms with Crippen molar-refractivity contribution in [2.24, 2.45) is 0 Å². The smallest absolute Gasteiger partial charge is 0.331 e.